The van der Waals surface area contributed by atoms with Crippen molar-refractivity contribution in [2.45, 2.75) is 66.7 Å². The number of carbonyl (C=O) groups is 4. The lowest BCUT2D eigenvalue weighted by molar-refractivity contribution is -0.144. The van der Waals surface area contributed by atoms with Crippen LogP contribution in [0.4, 0.5) is 4.39 Å². The molecule has 6 atom stereocenters. The highest BCUT2D eigenvalue weighted by molar-refractivity contribution is 9.09. The van der Waals surface area contributed by atoms with Gasteiger partial charge < -0.3 is 5.11 Å². The highest BCUT2D eigenvalue weighted by Crippen LogP contribution is 2.66. The summed E-state index contributed by atoms with van der Waals surface area (Å²) in [4.78, 5) is 53.1. The first-order valence-corrected chi connectivity index (χ1v) is 14.8. The predicted octanol–water partition coefficient (Wildman–Crippen LogP) is 4.58. The van der Waals surface area contributed by atoms with Gasteiger partial charge in [-0.3, -0.25) is 29.0 Å². The SMILES string of the molecule is O=C1[C@H]2[C@H](CC=C3[C@H]2C[C@@]2(Cl)C(=O)N(CBr)C(=O)[C@@]2(Cl)[C@H]3c2cccc(F)c2O)C(=O)N1C1CCCCC1. The van der Waals surface area contributed by atoms with Gasteiger partial charge in [0.05, 0.1) is 17.3 Å². The summed E-state index contributed by atoms with van der Waals surface area (Å²) >= 11 is 17.4. The molecule has 6 rings (SSSR count). The number of hydrogen-bond donors (Lipinski definition) is 1. The van der Waals surface area contributed by atoms with Gasteiger partial charge in [-0.15, -0.1) is 23.2 Å². The normalized spacial score (nSPS) is 37.3. The number of aromatic hydroxyl groups is 1. The second kappa shape index (κ2) is 9.03. The van der Waals surface area contributed by atoms with Crippen molar-refractivity contribution in [2.75, 3.05) is 5.45 Å². The van der Waals surface area contributed by atoms with Crippen molar-refractivity contribution in [2.24, 2.45) is 17.8 Å². The second-order valence-corrected chi connectivity index (χ2v) is 12.7. The molecule has 0 bridgehead atoms. The average Bonchev–Trinajstić information content (AvgIpc) is 3.24. The fourth-order valence-electron chi connectivity index (χ4n) is 7.59. The first-order valence-electron chi connectivity index (χ1n) is 12.9. The van der Waals surface area contributed by atoms with E-state index in [1.165, 1.54) is 17.0 Å². The number of phenolic OH excluding ortho intramolecular Hbond substituents is 1. The van der Waals surface area contributed by atoms with Crippen LogP contribution in [0.15, 0.2) is 29.8 Å². The number of para-hydroxylation sites is 1. The first-order chi connectivity index (χ1) is 18.1. The minimum Gasteiger partial charge on any atom is -0.505 e. The third kappa shape index (κ3) is 3.24. The standard InChI is InChI=1S/C27H26BrCl2FN2O5/c28-12-32-24(37)26(29)11-17-14(20(27(26,30)25(32)38)16-7-4-8-18(31)21(16)34)9-10-15-19(17)23(36)33(22(15)35)13-5-2-1-3-6-13/h4,7-9,13,15,17,19-20,34H,1-3,5-6,10-12H2/t15-,17+,19-,20+,26+,27-/m0/s1. The van der Waals surface area contributed by atoms with Crippen molar-refractivity contribution >= 4 is 62.8 Å². The van der Waals surface area contributed by atoms with Gasteiger partial charge in [-0.1, -0.05) is 59.0 Å². The topological polar surface area (TPSA) is 95.0 Å². The zero-order chi connectivity index (χ0) is 27.1. The Labute approximate surface area is 237 Å². The number of allylic oxidation sites excluding steroid dienone is 2. The molecule has 202 valence electrons. The van der Waals surface area contributed by atoms with Gasteiger partial charge in [-0.25, -0.2) is 4.39 Å². The first kappa shape index (κ1) is 26.3. The van der Waals surface area contributed by atoms with E-state index in [1.807, 2.05) is 0 Å². The molecule has 2 saturated carbocycles. The van der Waals surface area contributed by atoms with Crippen LogP contribution in [-0.4, -0.2) is 59.8 Å². The van der Waals surface area contributed by atoms with Gasteiger partial charge in [0.25, 0.3) is 11.8 Å². The number of amides is 4. The van der Waals surface area contributed by atoms with Gasteiger partial charge in [0.1, 0.15) is 0 Å². The summed E-state index contributed by atoms with van der Waals surface area (Å²) in [7, 11) is 0. The van der Waals surface area contributed by atoms with Crippen LogP contribution in [0.3, 0.4) is 0 Å². The lowest BCUT2D eigenvalue weighted by Crippen LogP contribution is -2.60. The molecular formula is C27H26BrCl2FN2O5. The number of likely N-dealkylation sites (tertiary alicyclic amines) is 2. The van der Waals surface area contributed by atoms with Crippen molar-refractivity contribution in [3.8, 4) is 5.75 Å². The van der Waals surface area contributed by atoms with Crippen LogP contribution >= 0.6 is 39.1 Å². The number of imide groups is 2. The van der Waals surface area contributed by atoms with Crippen LogP contribution in [0.25, 0.3) is 0 Å². The van der Waals surface area contributed by atoms with E-state index in [0.29, 0.717) is 5.57 Å². The molecule has 0 unspecified atom stereocenters. The molecule has 4 amide bonds. The van der Waals surface area contributed by atoms with Crippen molar-refractivity contribution in [1.29, 1.82) is 0 Å². The molecule has 2 aliphatic heterocycles. The van der Waals surface area contributed by atoms with Crippen molar-refractivity contribution < 1.29 is 28.7 Å². The van der Waals surface area contributed by atoms with E-state index >= 15 is 0 Å². The number of alkyl halides is 3. The Kier molecular flexibility index (Phi) is 6.24. The van der Waals surface area contributed by atoms with Crippen LogP contribution < -0.4 is 0 Å². The largest absolute Gasteiger partial charge is 0.505 e. The lowest BCUT2D eigenvalue weighted by Gasteiger charge is -2.50. The van der Waals surface area contributed by atoms with Crippen LogP contribution in [-0.2, 0) is 19.2 Å². The Bertz CT molecular complexity index is 1300. The summed E-state index contributed by atoms with van der Waals surface area (Å²) in [5.41, 5.74) is 0.388. The summed E-state index contributed by atoms with van der Waals surface area (Å²) in [6.45, 7) is 0. The fraction of sp³-hybridized carbons (Fsp3) is 0.556. The Hall–Kier alpha value is -1.97. The molecule has 4 fully saturated rings. The van der Waals surface area contributed by atoms with Gasteiger partial charge in [-0.05, 0) is 37.7 Å². The van der Waals surface area contributed by atoms with E-state index < -0.39 is 56.8 Å². The Morgan fingerprint density at radius 2 is 1.74 bits per heavy atom. The molecule has 38 heavy (non-hydrogen) atoms. The van der Waals surface area contributed by atoms with Crippen LogP contribution in [0.2, 0.25) is 0 Å². The molecule has 2 saturated heterocycles. The molecule has 5 aliphatic rings. The predicted molar refractivity (Wildman–Crippen MR) is 140 cm³/mol. The monoisotopic (exact) mass is 626 g/mol. The van der Waals surface area contributed by atoms with Crippen LogP contribution in [0.1, 0.15) is 56.4 Å². The van der Waals surface area contributed by atoms with Gasteiger partial charge in [0.2, 0.25) is 11.8 Å². The summed E-state index contributed by atoms with van der Waals surface area (Å²) in [5, 5.41) is 10.8. The zero-order valence-corrected chi connectivity index (χ0v) is 23.4. The molecule has 7 nitrogen and oxygen atoms in total. The molecule has 0 spiro atoms. The lowest BCUT2D eigenvalue weighted by atomic mass is 9.56. The summed E-state index contributed by atoms with van der Waals surface area (Å²) in [6, 6.07) is 3.76. The van der Waals surface area contributed by atoms with E-state index in [1.54, 1.807) is 6.08 Å². The molecule has 1 aromatic carbocycles. The molecule has 0 aromatic heterocycles. The summed E-state index contributed by atoms with van der Waals surface area (Å²) < 4.78 is 14.6. The number of phenols is 1. The minimum atomic E-state index is -2.07. The highest BCUT2D eigenvalue weighted by Gasteiger charge is 2.76. The van der Waals surface area contributed by atoms with E-state index in [-0.39, 0.29) is 41.7 Å². The van der Waals surface area contributed by atoms with E-state index in [2.05, 4.69) is 15.9 Å². The van der Waals surface area contributed by atoms with Gasteiger partial charge in [-0.2, -0.15) is 0 Å². The third-order valence-corrected chi connectivity index (χ3v) is 11.2. The Balaban J connectivity index is 1.51. The highest BCUT2D eigenvalue weighted by atomic mass is 79.9. The number of rotatable bonds is 3. The Morgan fingerprint density at radius 1 is 1.03 bits per heavy atom. The minimum absolute atomic E-state index is 0.0120. The zero-order valence-electron chi connectivity index (χ0n) is 20.3. The van der Waals surface area contributed by atoms with E-state index in [0.717, 1.165) is 43.1 Å². The number of hydrogen-bond acceptors (Lipinski definition) is 5. The number of halogens is 4. The average molecular weight is 628 g/mol. The Morgan fingerprint density at radius 3 is 2.42 bits per heavy atom. The number of carbonyl (C=O) groups excluding carboxylic acids is 4. The molecule has 3 aliphatic carbocycles. The molecule has 11 heteroatoms. The summed E-state index contributed by atoms with van der Waals surface area (Å²) in [5.74, 6) is -6.87. The van der Waals surface area contributed by atoms with Crippen molar-refractivity contribution in [1.82, 2.24) is 9.80 Å². The molecule has 1 N–H and O–H groups in total. The fourth-order valence-corrected chi connectivity index (χ4v) is 9.00. The molecule has 2 heterocycles. The smallest absolute Gasteiger partial charge is 0.254 e. The second-order valence-electron chi connectivity index (χ2n) is 11.0. The van der Waals surface area contributed by atoms with E-state index in [9.17, 15) is 28.7 Å². The quantitative estimate of drug-likeness (QED) is 0.229. The van der Waals surface area contributed by atoms with Gasteiger partial charge >= 0.3 is 0 Å². The van der Waals surface area contributed by atoms with Gasteiger partial charge in [0.15, 0.2) is 21.3 Å². The van der Waals surface area contributed by atoms with Crippen molar-refractivity contribution in [3.63, 3.8) is 0 Å². The van der Waals surface area contributed by atoms with Crippen molar-refractivity contribution in [3.05, 3.63) is 41.2 Å². The molecule has 1 aromatic rings. The molecular weight excluding hydrogens is 602 g/mol. The summed E-state index contributed by atoms with van der Waals surface area (Å²) in [6.07, 6.45) is 6.38. The third-order valence-electron chi connectivity index (χ3n) is 9.32. The maximum Gasteiger partial charge on any atom is 0.254 e. The molecule has 0 radical (unpaired) electrons. The number of nitrogens with zero attached hydrogens (tertiary/aromatic N) is 2. The van der Waals surface area contributed by atoms with Gasteiger partial charge in [0, 0.05) is 17.5 Å². The maximum absolute atomic E-state index is 14.6. The van der Waals surface area contributed by atoms with Crippen LogP contribution in [0, 0.1) is 23.6 Å². The van der Waals surface area contributed by atoms with E-state index in [4.69, 9.17) is 23.2 Å². The number of fused-ring (bicyclic) bond motifs is 4. The maximum atomic E-state index is 14.6. The number of benzene rings is 1. The van der Waals surface area contributed by atoms with Crippen LogP contribution in [0.5, 0.6) is 5.75 Å².